The third-order valence-electron chi connectivity index (χ3n) is 2.46. The van der Waals surface area contributed by atoms with Crippen LogP contribution in [0.15, 0.2) is 0 Å². The molecule has 1 fully saturated rings. The lowest BCUT2D eigenvalue weighted by Gasteiger charge is -2.24. The minimum atomic E-state index is -1.50. The molecule has 0 amide bonds. The van der Waals surface area contributed by atoms with E-state index in [9.17, 15) is 20.1 Å². The molecule has 94 valence electrons. The van der Waals surface area contributed by atoms with E-state index in [1.54, 1.807) is 0 Å². The van der Waals surface area contributed by atoms with Crippen LogP contribution in [0.3, 0.4) is 0 Å². The standard InChI is InChI=1S/C8H15NO6S/c10-1-4(11)5(12)6(13)7-9-3(2-16-7)8(14)15/h3-7,9-13H,1-2H2,(H,14,15)/t3-,4+,5+,6+,7-/m0/s1. The molecule has 0 aromatic carbocycles. The minimum absolute atomic E-state index is 0.270. The first-order valence-corrected chi connectivity index (χ1v) is 5.84. The van der Waals surface area contributed by atoms with Crippen molar-refractivity contribution in [1.29, 1.82) is 0 Å². The van der Waals surface area contributed by atoms with E-state index in [1.165, 1.54) is 5.32 Å². The maximum atomic E-state index is 10.5. The number of quaternary nitrogens is 1. The lowest BCUT2D eigenvalue weighted by molar-refractivity contribution is -0.692. The fraction of sp³-hybridized carbons (Fsp3) is 0.875. The average molecular weight is 253 g/mol. The SMILES string of the molecule is O=C([O-])[C@@H]1CS[C@@H]([C@H](O)[C@H](O)[C@H](O)CO)[NH2+]1. The first-order chi connectivity index (χ1) is 7.47. The number of aliphatic hydroxyl groups excluding tert-OH is 4. The van der Waals surface area contributed by atoms with Crippen molar-refractivity contribution < 1.29 is 35.6 Å². The second kappa shape index (κ2) is 5.80. The summed E-state index contributed by atoms with van der Waals surface area (Å²) in [5.74, 6) is -0.953. The highest BCUT2D eigenvalue weighted by atomic mass is 32.2. The number of nitrogens with two attached hydrogens (primary N) is 1. The van der Waals surface area contributed by atoms with Gasteiger partial charge in [0.05, 0.1) is 12.4 Å². The molecule has 6 N–H and O–H groups in total. The van der Waals surface area contributed by atoms with Crippen LogP contribution in [-0.2, 0) is 4.79 Å². The number of carboxylic acids is 1. The summed E-state index contributed by atoms with van der Waals surface area (Å²) in [4.78, 5) is 10.5. The van der Waals surface area contributed by atoms with E-state index >= 15 is 0 Å². The molecule has 7 nitrogen and oxygen atoms in total. The highest BCUT2D eigenvalue weighted by Crippen LogP contribution is 2.18. The van der Waals surface area contributed by atoms with Crippen LogP contribution in [0.4, 0.5) is 0 Å². The van der Waals surface area contributed by atoms with Gasteiger partial charge < -0.3 is 35.6 Å². The zero-order valence-electron chi connectivity index (χ0n) is 8.39. The van der Waals surface area contributed by atoms with E-state index < -0.39 is 42.3 Å². The number of carbonyl (C=O) groups is 1. The molecule has 0 unspecified atom stereocenters. The molecule has 1 heterocycles. The summed E-state index contributed by atoms with van der Waals surface area (Å²) in [7, 11) is 0. The molecule has 5 atom stereocenters. The Hall–Kier alpha value is -0.380. The number of thioether (sulfide) groups is 1. The van der Waals surface area contributed by atoms with Gasteiger partial charge >= 0.3 is 0 Å². The van der Waals surface area contributed by atoms with Crippen LogP contribution in [0.5, 0.6) is 0 Å². The number of carboxylic acid groups (broad SMARTS) is 1. The number of aliphatic hydroxyl groups is 4. The van der Waals surface area contributed by atoms with Crippen LogP contribution in [0.25, 0.3) is 0 Å². The summed E-state index contributed by atoms with van der Waals surface area (Å²) in [6, 6.07) is -0.761. The Morgan fingerprint density at radius 1 is 1.50 bits per heavy atom. The Kier molecular flexibility index (Phi) is 4.96. The van der Waals surface area contributed by atoms with Gasteiger partial charge in [0.15, 0.2) is 5.37 Å². The highest BCUT2D eigenvalue weighted by molar-refractivity contribution is 8.00. The third-order valence-corrected chi connectivity index (χ3v) is 3.83. The lowest BCUT2D eigenvalue weighted by atomic mass is 10.1. The molecule has 1 aliphatic heterocycles. The minimum Gasteiger partial charge on any atom is -0.544 e. The van der Waals surface area contributed by atoms with Gasteiger partial charge in [-0.1, -0.05) is 11.8 Å². The molecule has 0 aromatic heterocycles. The third kappa shape index (κ3) is 3.06. The lowest BCUT2D eigenvalue weighted by Crippen LogP contribution is -2.96. The van der Waals surface area contributed by atoms with E-state index in [2.05, 4.69) is 0 Å². The van der Waals surface area contributed by atoms with Gasteiger partial charge in [0, 0.05) is 0 Å². The first kappa shape index (κ1) is 13.7. The maximum absolute atomic E-state index is 10.5. The Labute approximate surface area is 96.1 Å². The molecular formula is C8H15NO6S. The number of carbonyl (C=O) groups excluding carboxylic acids is 1. The Bertz CT molecular complexity index is 253. The van der Waals surface area contributed by atoms with Gasteiger partial charge in [-0.25, -0.2) is 0 Å². The van der Waals surface area contributed by atoms with Gasteiger partial charge in [0.25, 0.3) is 0 Å². The van der Waals surface area contributed by atoms with Crippen molar-refractivity contribution in [3.63, 3.8) is 0 Å². The second-order valence-corrected chi connectivity index (χ2v) is 4.86. The monoisotopic (exact) mass is 253 g/mol. The molecule has 0 spiro atoms. The molecule has 0 radical (unpaired) electrons. The molecular weight excluding hydrogens is 238 g/mol. The van der Waals surface area contributed by atoms with Crippen LogP contribution in [0.1, 0.15) is 0 Å². The van der Waals surface area contributed by atoms with Crippen molar-refractivity contribution in [2.75, 3.05) is 12.4 Å². The molecule has 1 aliphatic rings. The van der Waals surface area contributed by atoms with Crippen molar-refractivity contribution in [3.8, 4) is 0 Å². The summed E-state index contributed by atoms with van der Waals surface area (Å²) < 4.78 is 0. The molecule has 0 saturated carbocycles. The van der Waals surface area contributed by atoms with Gasteiger partial charge in [-0.05, 0) is 0 Å². The Morgan fingerprint density at radius 3 is 2.56 bits per heavy atom. The molecule has 16 heavy (non-hydrogen) atoms. The summed E-state index contributed by atoms with van der Waals surface area (Å²) in [6.45, 7) is -0.667. The van der Waals surface area contributed by atoms with Crippen molar-refractivity contribution in [1.82, 2.24) is 0 Å². The summed E-state index contributed by atoms with van der Waals surface area (Å²) in [5, 5.41) is 48.1. The zero-order valence-corrected chi connectivity index (χ0v) is 9.21. The number of rotatable bonds is 5. The van der Waals surface area contributed by atoms with Gasteiger partial charge in [-0.15, -0.1) is 0 Å². The van der Waals surface area contributed by atoms with E-state index in [4.69, 9.17) is 10.2 Å². The van der Waals surface area contributed by atoms with Crippen LogP contribution in [0.2, 0.25) is 0 Å². The van der Waals surface area contributed by atoms with E-state index in [-0.39, 0.29) is 5.75 Å². The number of aliphatic carboxylic acids is 1. The molecule has 1 saturated heterocycles. The fourth-order valence-corrected chi connectivity index (χ4v) is 2.78. The van der Waals surface area contributed by atoms with Crippen molar-refractivity contribution in [2.45, 2.75) is 29.7 Å². The normalized spacial score (nSPS) is 31.0. The number of hydrogen-bond acceptors (Lipinski definition) is 7. The smallest absolute Gasteiger partial charge is 0.162 e. The molecule has 8 heteroatoms. The van der Waals surface area contributed by atoms with Crippen LogP contribution < -0.4 is 10.4 Å². The average Bonchev–Trinajstić information content (AvgIpc) is 2.75. The topological polar surface area (TPSA) is 138 Å². The van der Waals surface area contributed by atoms with Crippen LogP contribution in [-0.4, -0.2) is 68.5 Å². The van der Waals surface area contributed by atoms with E-state index in [1.807, 2.05) is 0 Å². The second-order valence-electron chi connectivity index (χ2n) is 3.65. The summed E-state index contributed by atoms with van der Waals surface area (Å²) in [5.41, 5.74) is 0. The van der Waals surface area contributed by atoms with Gasteiger partial charge in [0.1, 0.15) is 30.3 Å². The van der Waals surface area contributed by atoms with Crippen molar-refractivity contribution in [2.24, 2.45) is 0 Å². The zero-order chi connectivity index (χ0) is 12.3. The summed E-state index contributed by atoms with van der Waals surface area (Å²) >= 11 is 1.16. The van der Waals surface area contributed by atoms with Gasteiger partial charge in [0.2, 0.25) is 0 Å². The van der Waals surface area contributed by atoms with Crippen LogP contribution >= 0.6 is 11.8 Å². The Morgan fingerprint density at radius 2 is 2.12 bits per heavy atom. The fourth-order valence-electron chi connectivity index (χ4n) is 1.44. The van der Waals surface area contributed by atoms with Crippen molar-refractivity contribution >= 4 is 17.7 Å². The van der Waals surface area contributed by atoms with Gasteiger partial charge in [-0.3, -0.25) is 0 Å². The molecule has 0 aliphatic carbocycles. The quantitative estimate of drug-likeness (QED) is 0.330. The van der Waals surface area contributed by atoms with Gasteiger partial charge in [-0.2, -0.15) is 0 Å². The molecule has 0 bridgehead atoms. The van der Waals surface area contributed by atoms with E-state index in [0.29, 0.717) is 0 Å². The van der Waals surface area contributed by atoms with Crippen molar-refractivity contribution in [3.05, 3.63) is 0 Å². The first-order valence-electron chi connectivity index (χ1n) is 4.80. The Balaban J connectivity index is 2.50. The molecule has 1 rings (SSSR count). The summed E-state index contributed by atoms with van der Waals surface area (Å²) in [6.07, 6.45) is -4.25. The predicted octanol–water partition coefficient (Wildman–Crippen LogP) is -5.18. The largest absolute Gasteiger partial charge is 0.544 e. The highest BCUT2D eigenvalue weighted by Gasteiger charge is 2.40. The predicted molar refractivity (Wildman–Crippen MR) is 52.1 cm³/mol. The number of hydrogen-bond donors (Lipinski definition) is 5. The van der Waals surface area contributed by atoms with Crippen LogP contribution in [0, 0.1) is 0 Å². The van der Waals surface area contributed by atoms with E-state index in [0.717, 1.165) is 11.8 Å². The maximum Gasteiger partial charge on any atom is 0.162 e. The molecule has 0 aromatic rings.